The number of ether oxygens (including phenoxy) is 2. The number of hydrogen-bond donors (Lipinski definition) is 0. The molecule has 0 spiro atoms. The van der Waals surface area contributed by atoms with Crippen molar-refractivity contribution in [1.29, 1.82) is 0 Å². The molecule has 3 rings (SSSR count). The zero-order valence-corrected chi connectivity index (χ0v) is 14.9. The molecule has 0 fully saturated rings. The highest BCUT2D eigenvalue weighted by atomic mass is 35.5. The zero-order valence-electron chi connectivity index (χ0n) is 14.2. The van der Waals surface area contributed by atoms with E-state index in [1.165, 1.54) is 9.25 Å². The van der Waals surface area contributed by atoms with E-state index in [2.05, 4.69) is 5.10 Å². The van der Waals surface area contributed by atoms with Gasteiger partial charge in [0.15, 0.2) is 0 Å². The quantitative estimate of drug-likeness (QED) is 0.702. The zero-order chi connectivity index (χ0) is 18.0. The molecule has 0 aliphatic heterocycles. The second kappa shape index (κ2) is 7.03. The maximum Gasteiger partial charge on any atom is 0.351 e. The Morgan fingerprint density at radius 3 is 2.44 bits per heavy atom. The lowest BCUT2D eigenvalue weighted by Gasteiger charge is -2.10. The smallest absolute Gasteiger partial charge is 0.351 e. The lowest BCUT2D eigenvalue weighted by molar-refractivity contribution is 0.393. The van der Waals surface area contributed by atoms with Crippen LogP contribution in [0.1, 0.15) is 11.4 Å². The predicted molar refractivity (Wildman–Crippen MR) is 96.2 cm³/mol. The summed E-state index contributed by atoms with van der Waals surface area (Å²) >= 11 is 5.90. The van der Waals surface area contributed by atoms with Crippen LogP contribution in [0.4, 0.5) is 0 Å². The highest BCUT2D eigenvalue weighted by Crippen LogP contribution is 2.27. The Kier molecular flexibility index (Phi) is 4.81. The third-order valence-electron chi connectivity index (χ3n) is 3.87. The maximum absolute atomic E-state index is 12.8. The largest absolute Gasteiger partial charge is 0.497 e. The Hall–Kier alpha value is -2.73. The third-order valence-corrected chi connectivity index (χ3v) is 4.13. The average molecular weight is 360 g/mol. The van der Waals surface area contributed by atoms with Crippen molar-refractivity contribution in [2.24, 2.45) is 0 Å². The molecule has 130 valence electrons. The van der Waals surface area contributed by atoms with E-state index in [4.69, 9.17) is 21.1 Å². The fourth-order valence-electron chi connectivity index (χ4n) is 2.63. The normalized spacial score (nSPS) is 10.7. The van der Waals surface area contributed by atoms with Crippen molar-refractivity contribution >= 4 is 11.6 Å². The van der Waals surface area contributed by atoms with Crippen LogP contribution in [-0.4, -0.2) is 28.6 Å². The Morgan fingerprint density at radius 1 is 1.08 bits per heavy atom. The molecule has 0 aliphatic carbocycles. The van der Waals surface area contributed by atoms with E-state index in [1.54, 1.807) is 51.5 Å². The Balaban J connectivity index is 2.03. The first-order valence-corrected chi connectivity index (χ1v) is 8.04. The van der Waals surface area contributed by atoms with E-state index in [0.717, 1.165) is 5.56 Å². The van der Waals surface area contributed by atoms with Gasteiger partial charge in [-0.15, -0.1) is 0 Å². The number of benzene rings is 2. The second-order valence-corrected chi connectivity index (χ2v) is 5.92. The molecule has 6 nitrogen and oxygen atoms in total. The van der Waals surface area contributed by atoms with E-state index in [-0.39, 0.29) is 5.69 Å². The van der Waals surface area contributed by atoms with Crippen molar-refractivity contribution < 1.29 is 9.47 Å². The van der Waals surface area contributed by atoms with Crippen LogP contribution in [0.25, 0.3) is 5.69 Å². The molecule has 0 unspecified atom stereocenters. The number of nitrogens with zero attached hydrogens (tertiary/aromatic N) is 3. The van der Waals surface area contributed by atoms with Crippen LogP contribution in [0.2, 0.25) is 5.02 Å². The van der Waals surface area contributed by atoms with Crippen LogP contribution >= 0.6 is 11.6 Å². The van der Waals surface area contributed by atoms with Gasteiger partial charge in [-0.1, -0.05) is 23.7 Å². The van der Waals surface area contributed by atoms with E-state index in [9.17, 15) is 4.79 Å². The van der Waals surface area contributed by atoms with E-state index >= 15 is 0 Å². The van der Waals surface area contributed by atoms with Crippen LogP contribution < -0.4 is 15.2 Å². The van der Waals surface area contributed by atoms with E-state index in [0.29, 0.717) is 34.6 Å². The molecular formula is C18H18ClN3O3. The molecule has 3 aromatic rings. The van der Waals surface area contributed by atoms with Gasteiger partial charge in [-0.2, -0.15) is 5.10 Å². The molecular weight excluding hydrogens is 342 g/mol. The molecule has 7 heteroatoms. The number of rotatable bonds is 5. The van der Waals surface area contributed by atoms with Crippen molar-refractivity contribution in [2.45, 2.75) is 13.5 Å². The van der Waals surface area contributed by atoms with Crippen LogP contribution in [0, 0.1) is 6.92 Å². The molecule has 0 saturated carbocycles. The summed E-state index contributed by atoms with van der Waals surface area (Å²) in [6.45, 7) is 2.14. The summed E-state index contributed by atoms with van der Waals surface area (Å²) in [6, 6.07) is 12.6. The third kappa shape index (κ3) is 3.39. The predicted octanol–water partition coefficient (Wildman–Crippen LogP) is 3.06. The first kappa shape index (κ1) is 17.1. The van der Waals surface area contributed by atoms with Crippen LogP contribution in [-0.2, 0) is 6.54 Å². The van der Waals surface area contributed by atoms with Gasteiger partial charge in [-0.25, -0.2) is 14.0 Å². The molecule has 0 bridgehead atoms. The fourth-order valence-corrected chi connectivity index (χ4v) is 2.75. The Morgan fingerprint density at radius 2 is 1.80 bits per heavy atom. The summed E-state index contributed by atoms with van der Waals surface area (Å²) in [6.07, 6.45) is 0. The second-order valence-electron chi connectivity index (χ2n) is 5.49. The first-order valence-electron chi connectivity index (χ1n) is 7.67. The van der Waals surface area contributed by atoms with Gasteiger partial charge in [0, 0.05) is 11.1 Å². The van der Waals surface area contributed by atoms with Gasteiger partial charge < -0.3 is 9.47 Å². The minimum atomic E-state index is -0.240. The number of halogens is 1. The number of aromatic nitrogens is 3. The van der Waals surface area contributed by atoms with Crippen molar-refractivity contribution in [3.05, 3.63) is 69.4 Å². The van der Waals surface area contributed by atoms with E-state index in [1.807, 2.05) is 12.1 Å². The average Bonchev–Trinajstić information content (AvgIpc) is 2.90. The van der Waals surface area contributed by atoms with Crippen LogP contribution in [0.5, 0.6) is 11.5 Å². The maximum atomic E-state index is 12.8. The Labute approximate surface area is 150 Å². The van der Waals surface area contributed by atoms with E-state index < -0.39 is 0 Å². The minimum absolute atomic E-state index is 0.240. The fraction of sp³-hybridized carbons (Fsp3) is 0.222. The van der Waals surface area contributed by atoms with Gasteiger partial charge >= 0.3 is 5.69 Å². The number of aryl methyl sites for hydroxylation is 1. The van der Waals surface area contributed by atoms with Crippen molar-refractivity contribution in [3.63, 3.8) is 0 Å². The van der Waals surface area contributed by atoms with Crippen molar-refractivity contribution in [3.8, 4) is 17.2 Å². The Bertz CT molecular complexity index is 945. The number of methoxy groups -OCH3 is 2. The molecule has 25 heavy (non-hydrogen) atoms. The van der Waals surface area contributed by atoms with Gasteiger partial charge in [-0.05, 0) is 36.8 Å². The van der Waals surface area contributed by atoms with Crippen LogP contribution in [0.15, 0.2) is 47.3 Å². The SMILES string of the molecule is COc1ccc(-n2c(C)nn(Cc3ccc(Cl)cc3)c2=O)c(OC)c1. The van der Waals surface area contributed by atoms with Gasteiger partial charge in [0.2, 0.25) is 0 Å². The van der Waals surface area contributed by atoms with Crippen molar-refractivity contribution in [1.82, 2.24) is 14.3 Å². The molecule has 0 N–H and O–H groups in total. The summed E-state index contributed by atoms with van der Waals surface area (Å²) in [5.74, 6) is 1.76. The van der Waals surface area contributed by atoms with Gasteiger partial charge in [0.1, 0.15) is 17.3 Å². The topological polar surface area (TPSA) is 58.3 Å². The molecule has 0 atom stereocenters. The van der Waals surface area contributed by atoms with Gasteiger partial charge in [-0.3, -0.25) is 0 Å². The molecule has 0 saturated heterocycles. The standard InChI is InChI=1S/C18H18ClN3O3/c1-12-20-21(11-13-4-6-14(19)7-5-13)18(23)22(12)16-9-8-15(24-2)10-17(16)25-3/h4-10H,11H2,1-3H3. The van der Waals surface area contributed by atoms with Gasteiger partial charge in [0.05, 0.1) is 26.5 Å². The molecule has 1 heterocycles. The summed E-state index contributed by atoms with van der Waals surface area (Å²) in [4.78, 5) is 12.8. The molecule has 0 aliphatic rings. The first-order chi connectivity index (χ1) is 12.0. The highest BCUT2D eigenvalue weighted by Gasteiger charge is 2.16. The summed E-state index contributed by atoms with van der Waals surface area (Å²) in [5, 5.41) is 5.02. The molecule has 1 aromatic heterocycles. The minimum Gasteiger partial charge on any atom is -0.497 e. The molecule has 0 radical (unpaired) electrons. The summed E-state index contributed by atoms with van der Waals surface area (Å²) < 4.78 is 13.5. The lowest BCUT2D eigenvalue weighted by Crippen LogP contribution is -2.25. The van der Waals surface area contributed by atoms with Crippen molar-refractivity contribution in [2.75, 3.05) is 14.2 Å². The number of hydrogen-bond acceptors (Lipinski definition) is 4. The highest BCUT2D eigenvalue weighted by molar-refractivity contribution is 6.30. The summed E-state index contributed by atoms with van der Waals surface area (Å²) in [7, 11) is 3.13. The molecule has 0 amide bonds. The monoisotopic (exact) mass is 359 g/mol. The van der Waals surface area contributed by atoms with Crippen LogP contribution in [0.3, 0.4) is 0 Å². The summed E-state index contributed by atoms with van der Waals surface area (Å²) in [5.41, 5.74) is 1.32. The van der Waals surface area contributed by atoms with Gasteiger partial charge in [0.25, 0.3) is 0 Å². The lowest BCUT2D eigenvalue weighted by atomic mass is 10.2. The molecule has 2 aromatic carbocycles.